The Kier molecular flexibility index (Phi) is 3.71. The Morgan fingerprint density at radius 2 is 1.86 bits per heavy atom. The molecule has 1 heterocycles. The second-order valence-corrected chi connectivity index (χ2v) is 5.20. The van der Waals surface area contributed by atoms with Gasteiger partial charge in [-0.15, -0.1) is 0 Å². The van der Waals surface area contributed by atoms with Gasteiger partial charge in [-0.05, 0) is 25.1 Å². The zero-order chi connectivity index (χ0) is 14.8. The van der Waals surface area contributed by atoms with E-state index in [-0.39, 0.29) is 11.9 Å². The van der Waals surface area contributed by atoms with Crippen LogP contribution < -0.4 is 5.32 Å². The van der Waals surface area contributed by atoms with Gasteiger partial charge in [0.25, 0.3) is 0 Å². The van der Waals surface area contributed by atoms with Crippen molar-refractivity contribution in [3.05, 3.63) is 65.7 Å². The molecule has 0 saturated carbocycles. The van der Waals surface area contributed by atoms with Crippen molar-refractivity contribution in [3.63, 3.8) is 0 Å². The van der Waals surface area contributed by atoms with E-state index in [1.807, 2.05) is 50.4 Å². The van der Waals surface area contributed by atoms with Gasteiger partial charge in [0.15, 0.2) is 0 Å². The average Bonchev–Trinajstić information content (AvgIpc) is 2.82. The lowest BCUT2D eigenvalue weighted by Crippen LogP contribution is -2.21. The van der Waals surface area contributed by atoms with Gasteiger partial charge in [0, 0.05) is 18.7 Å². The molecule has 0 spiro atoms. The Labute approximate surface area is 123 Å². The van der Waals surface area contributed by atoms with E-state index in [9.17, 15) is 4.39 Å². The number of imidazole rings is 1. The Balaban J connectivity index is 1.77. The van der Waals surface area contributed by atoms with Crippen molar-refractivity contribution in [2.45, 2.75) is 19.5 Å². The highest BCUT2D eigenvalue weighted by Crippen LogP contribution is 2.18. The standard InChI is InChI=1S/C17H18FN3/c1-12(13-7-3-4-8-14(13)18)19-11-17-20-15-9-5-6-10-16(15)21(17)2/h3-10,12,19H,11H2,1-2H3. The third-order valence-corrected chi connectivity index (χ3v) is 3.82. The summed E-state index contributed by atoms with van der Waals surface area (Å²) >= 11 is 0. The third kappa shape index (κ3) is 2.67. The largest absolute Gasteiger partial charge is 0.330 e. The van der Waals surface area contributed by atoms with Crippen LogP contribution in [-0.2, 0) is 13.6 Å². The lowest BCUT2D eigenvalue weighted by molar-refractivity contribution is 0.516. The predicted octanol–water partition coefficient (Wildman–Crippen LogP) is 3.56. The van der Waals surface area contributed by atoms with Crippen LogP contribution in [0.3, 0.4) is 0 Å². The Morgan fingerprint density at radius 1 is 1.14 bits per heavy atom. The van der Waals surface area contributed by atoms with E-state index in [2.05, 4.69) is 14.9 Å². The van der Waals surface area contributed by atoms with Gasteiger partial charge in [-0.25, -0.2) is 9.37 Å². The lowest BCUT2D eigenvalue weighted by atomic mass is 10.1. The third-order valence-electron chi connectivity index (χ3n) is 3.82. The fraction of sp³-hybridized carbons (Fsp3) is 0.235. The molecular weight excluding hydrogens is 265 g/mol. The van der Waals surface area contributed by atoms with E-state index in [0.717, 1.165) is 16.9 Å². The molecule has 1 N–H and O–H groups in total. The molecule has 0 aliphatic carbocycles. The van der Waals surface area contributed by atoms with Gasteiger partial charge in [-0.2, -0.15) is 0 Å². The second-order valence-electron chi connectivity index (χ2n) is 5.20. The van der Waals surface area contributed by atoms with Gasteiger partial charge >= 0.3 is 0 Å². The molecule has 0 saturated heterocycles. The van der Waals surface area contributed by atoms with E-state index in [1.165, 1.54) is 6.07 Å². The van der Waals surface area contributed by atoms with Crippen LogP contribution in [0.15, 0.2) is 48.5 Å². The molecule has 4 heteroatoms. The van der Waals surface area contributed by atoms with Crippen molar-refractivity contribution < 1.29 is 4.39 Å². The van der Waals surface area contributed by atoms with Crippen molar-refractivity contribution >= 4 is 11.0 Å². The Bertz CT molecular complexity index is 764. The summed E-state index contributed by atoms with van der Waals surface area (Å²) in [6, 6.07) is 14.8. The summed E-state index contributed by atoms with van der Waals surface area (Å²) in [5, 5.41) is 3.33. The van der Waals surface area contributed by atoms with Crippen molar-refractivity contribution in [3.8, 4) is 0 Å². The van der Waals surface area contributed by atoms with Crippen molar-refractivity contribution in [2.75, 3.05) is 0 Å². The molecule has 0 amide bonds. The van der Waals surface area contributed by atoms with Gasteiger partial charge in [0.1, 0.15) is 11.6 Å². The van der Waals surface area contributed by atoms with Crippen molar-refractivity contribution in [2.24, 2.45) is 7.05 Å². The molecular formula is C17H18FN3. The maximum atomic E-state index is 13.8. The molecule has 0 bridgehead atoms. The smallest absolute Gasteiger partial charge is 0.127 e. The zero-order valence-electron chi connectivity index (χ0n) is 12.2. The van der Waals surface area contributed by atoms with Crippen LogP contribution in [0.4, 0.5) is 4.39 Å². The number of fused-ring (bicyclic) bond motifs is 1. The number of halogens is 1. The van der Waals surface area contributed by atoms with E-state index in [0.29, 0.717) is 12.1 Å². The summed E-state index contributed by atoms with van der Waals surface area (Å²) in [4.78, 5) is 4.61. The van der Waals surface area contributed by atoms with Gasteiger partial charge < -0.3 is 9.88 Å². The fourth-order valence-electron chi connectivity index (χ4n) is 2.53. The maximum Gasteiger partial charge on any atom is 0.127 e. The van der Waals surface area contributed by atoms with Crippen LogP contribution in [0, 0.1) is 5.82 Å². The van der Waals surface area contributed by atoms with Crippen LogP contribution >= 0.6 is 0 Å². The first-order valence-electron chi connectivity index (χ1n) is 7.05. The second kappa shape index (κ2) is 5.66. The summed E-state index contributed by atoms with van der Waals surface area (Å²) in [5.41, 5.74) is 2.76. The fourth-order valence-corrected chi connectivity index (χ4v) is 2.53. The van der Waals surface area contributed by atoms with Crippen molar-refractivity contribution in [1.82, 2.24) is 14.9 Å². The summed E-state index contributed by atoms with van der Waals surface area (Å²) in [6.07, 6.45) is 0. The first kappa shape index (κ1) is 13.8. The van der Waals surface area contributed by atoms with Gasteiger partial charge in [-0.3, -0.25) is 0 Å². The van der Waals surface area contributed by atoms with Gasteiger partial charge in [0.05, 0.1) is 17.6 Å². The zero-order valence-corrected chi connectivity index (χ0v) is 12.2. The monoisotopic (exact) mass is 283 g/mol. The molecule has 0 radical (unpaired) electrons. The normalized spacial score (nSPS) is 12.7. The van der Waals surface area contributed by atoms with Crippen LogP contribution in [0.5, 0.6) is 0 Å². The summed E-state index contributed by atoms with van der Waals surface area (Å²) in [5.74, 6) is 0.766. The van der Waals surface area contributed by atoms with Crippen LogP contribution in [-0.4, -0.2) is 9.55 Å². The maximum absolute atomic E-state index is 13.8. The van der Waals surface area contributed by atoms with Gasteiger partial charge in [0.2, 0.25) is 0 Å². The number of aryl methyl sites for hydroxylation is 1. The lowest BCUT2D eigenvalue weighted by Gasteiger charge is -2.14. The minimum absolute atomic E-state index is 0.0639. The van der Waals surface area contributed by atoms with E-state index in [4.69, 9.17) is 0 Å². The summed E-state index contributed by atoms with van der Waals surface area (Å²) in [7, 11) is 2.00. The molecule has 3 aromatic rings. The van der Waals surface area contributed by atoms with E-state index in [1.54, 1.807) is 6.07 Å². The molecule has 1 unspecified atom stereocenters. The van der Waals surface area contributed by atoms with Crippen molar-refractivity contribution in [1.29, 1.82) is 0 Å². The predicted molar refractivity (Wildman–Crippen MR) is 82.4 cm³/mol. The quantitative estimate of drug-likeness (QED) is 0.793. The number of para-hydroxylation sites is 2. The summed E-state index contributed by atoms with van der Waals surface area (Å²) < 4.78 is 15.8. The minimum atomic E-state index is -0.178. The first-order chi connectivity index (χ1) is 10.2. The molecule has 0 aliphatic heterocycles. The SMILES string of the molecule is CC(NCc1nc2ccccc2n1C)c1ccccc1F. The molecule has 2 aromatic carbocycles. The molecule has 21 heavy (non-hydrogen) atoms. The molecule has 1 atom stereocenters. The van der Waals surface area contributed by atoms with Crippen LogP contribution in [0.1, 0.15) is 24.4 Å². The average molecular weight is 283 g/mol. The number of rotatable bonds is 4. The topological polar surface area (TPSA) is 29.9 Å². The number of hydrogen-bond acceptors (Lipinski definition) is 2. The number of aromatic nitrogens is 2. The number of nitrogens with one attached hydrogen (secondary N) is 1. The van der Waals surface area contributed by atoms with E-state index < -0.39 is 0 Å². The molecule has 3 rings (SSSR count). The first-order valence-corrected chi connectivity index (χ1v) is 7.05. The highest BCUT2D eigenvalue weighted by atomic mass is 19.1. The van der Waals surface area contributed by atoms with Gasteiger partial charge in [-0.1, -0.05) is 30.3 Å². The molecule has 0 fully saturated rings. The molecule has 3 nitrogen and oxygen atoms in total. The number of hydrogen-bond donors (Lipinski definition) is 1. The molecule has 0 aliphatic rings. The van der Waals surface area contributed by atoms with E-state index >= 15 is 0 Å². The number of benzene rings is 2. The molecule has 1 aromatic heterocycles. The Hall–Kier alpha value is -2.20. The molecule has 108 valence electrons. The highest BCUT2D eigenvalue weighted by Gasteiger charge is 2.12. The number of nitrogens with zero attached hydrogens (tertiary/aromatic N) is 2. The van der Waals surface area contributed by atoms with Crippen LogP contribution in [0.25, 0.3) is 11.0 Å². The summed E-state index contributed by atoms with van der Waals surface area (Å²) in [6.45, 7) is 2.56. The Morgan fingerprint density at radius 3 is 2.62 bits per heavy atom. The highest BCUT2D eigenvalue weighted by molar-refractivity contribution is 5.75. The van der Waals surface area contributed by atoms with Crippen LogP contribution in [0.2, 0.25) is 0 Å². The minimum Gasteiger partial charge on any atom is -0.330 e.